The van der Waals surface area contributed by atoms with E-state index in [1.807, 2.05) is 0 Å². The van der Waals surface area contributed by atoms with Crippen molar-refractivity contribution in [2.45, 2.75) is 336 Å². The zero-order valence-electron chi connectivity index (χ0n) is 44.6. The van der Waals surface area contributed by atoms with Crippen LogP contribution in [0.3, 0.4) is 0 Å². The smallest absolute Gasteiger partial charge is 0.306 e. The molecule has 0 N–H and O–H groups in total. The summed E-state index contributed by atoms with van der Waals surface area (Å²) < 4.78 is 16.9. The van der Waals surface area contributed by atoms with Crippen molar-refractivity contribution < 1.29 is 28.6 Å². The molecule has 0 saturated heterocycles. The number of unbranched alkanes of at least 4 members (excludes halogenated alkanes) is 37. The number of hydrogen-bond acceptors (Lipinski definition) is 6. The molecule has 6 nitrogen and oxygen atoms in total. The van der Waals surface area contributed by atoms with E-state index in [-0.39, 0.29) is 31.1 Å². The van der Waals surface area contributed by atoms with Gasteiger partial charge in [-0.1, -0.05) is 291 Å². The first-order chi connectivity index (χ1) is 31.8. The molecule has 0 amide bonds. The molecule has 0 rings (SSSR count). The van der Waals surface area contributed by atoms with Gasteiger partial charge in [0, 0.05) is 19.3 Å². The summed E-state index contributed by atoms with van der Waals surface area (Å²) in [5, 5.41) is 0. The topological polar surface area (TPSA) is 78.9 Å². The molecule has 0 fully saturated rings. The first-order valence-electron chi connectivity index (χ1n) is 29.3. The quantitative estimate of drug-likeness (QED) is 0.0344. The average molecular weight is 920 g/mol. The van der Waals surface area contributed by atoms with Crippen LogP contribution in [0.4, 0.5) is 0 Å². The van der Waals surface area contributed by atoms with Crippen LogP contribution < -0.4 is 0 Å². The van der Waals surface area contributed by atoms with Crippen LogP contribution in [-0.4, -0.2) is 37.2 Å². The Balaban J connectivity index is 4.23. The molecule has 386 valence electrons. The molecule has 0 saturated carbocycles. The van der Waals surface area contributed by atoms with Crippen molar-refractivity contribution in [3.8, 4) is 0 Å². The maximum Gasteiger partial charge on any atom is 0.306 e. The van der Waals surface area contributed by atoms with Gasteiger partial charge in [-0.2, -0.15) is 0 Å². The molecule has 0 aromatic carbocycles. The van der Waals surface area contributed by atoms with Crippen molar-refractivity contribution in [1.29, 1.82) is 0 Å². The van der Waals surface area contributed by atoms with Crippen LogP contribution in [-0.2, 0) is 28.6 Å². The Morgan fingerprint density at radius 2 is 0.585 bits per heavy atom. The lowest BCUT2D eigenvalue weighted by atomic mass is 9.99. The fraction of sp³-hybridized carbons (Fsp3) is 0.949. The monoisotopic (exact) mass is 919 g/mol. The van der Waals surface area contributed by atoms with E-state index >= 15 is 0 Å². The second kappa shape index (κ2) is 51.8. The molecule has 0 bridgehead atoms. The van der Waals surface area contributed by atoms with Crippen molar-refractivity contribution in [2.75, 3.05) is 13.2 Å². The predicted molar refractivity (Wildman–Crippen MR) is 280 cm³/mol. The van der Waals surface area contributed by atoms with Crippen LogP contribution in [0.15, 0.2) is 0 Å². The predicted octanol–water partition coefficient (Wildman–Crippen LogP) is 19.3. The Kier molecular flexibility index (Phi) is 50.5. The second-order valence-corrected chi connectivity index (χ2v) is 21.0. The van der Waals surface area contributed by atoms with Crippen molar-refractivity contribution >= 4 is 17.9 Å². The molecule has 6 heteroatoms. The van der Waals surface area contributed by atoms with Gasteiger partial charge in [-0.15, -0.1) is 0 Å². The summed E-state index contributed by atoms with van der Waals surface area (Å²) in [5.41, 5.74) is 0. The Morgan fingerprint density at radius 1 is 0.323 bits per heavy atom. The Morgan fingerprint density at radius 3 is 0.877 bits per heavy atom. The molecular formula is C59H114O6. The number of hydrogen-bond donors (Lipinski definition) is 0. The lowest BCUT2D eigenvalue weighted by Crippen LogP contribution is -2.30. The maximum atomic E-state index is 12.8. The molecule has 2 atom stereocenters. The minimum atomic E-state index is -0.762. The molecule has 0 aliphatic rings. The van der Waals surface area contributed by atoms with Gasteiger partial charge >= 0.3 is 17.9 Å². The van der Waals surface area contributed by atoms with Crippen LogP contribution in [0.5, 0.6) is 0 Å². The van der Waals surface area contributed by atoms with Crippen LogP contribution in [0.25, 0.3) is 0 Å². The SMILES string of the molecule is CCCCCCCCCCCCC(=O)OC[C@@H](COC(=O)CCCCCCCCCCCCCCCCCCC(C)C)OC(=O)CCCCCCCCCCCCCCCCC(C)CC. The lowest BCUT2D eigenvalue weighted by molar-refractivity contribution is -0.167. The summed E-state index contributed by atoms with van der Waals surface area (Å²) in [6.07, 6.45) is 55.2. The third-order valence-electron chi connectivity index (χ3n) is 13.8. The highest BCUT2D eigenvalue weighted by Crippen LogP contribution is 2.19. The highest BCUT2D eigenvalue weighted by Gasteiger charge is 2.19. The highest BCUT2D eigenvalue weighted by molar-refractivity contribution is 5.71. The number of carbonyl (C=O) groups is 3. The van der Waals surface area contributed by atoms with Crippen molar-refractivity contribution in [1.82, 2.24) is 0 Å². The number of rotatable bonds is 53. The largest absolute Gasteiger partial charge is 0.462 e. The zero-order valence-corrected chi connectivity index (χ0v) is 44.6. The minimum absolute atomic E-state index is 0.0626. The summed E-state index contributed by atoms with van der Waals surface area (Å²) in [6.45, 7) is 11.5. The Bertz CT molecular complexity index is 995. The highest BCUT2D eigenvalue weighted by atomic mass is 16.6. The molecular weight excluding hydrogens is 805 g/mol. The summed E-state index contributed by atoms with van der Waals surface area (Å²) >= 11 is 0. The average Bonchev–Trinajstić information content (AvgIpc) is 3.29. The van der Waals surface area contributed by atoms with Crippen LogP contribution >= 0.6 is 0 Å². The summed E-state index contributed by atoms with van der Waals surface area (Å²) in [5.74, 6) is 0.907. The van der Waals surface area contributed by atoms with Gasteiger partial charge < -0.3 is 14.2 Å². The van der Waals surface area contributed by atoms with Gasteiger partial charge in [-0.3, -0.25) is 14.4 Å². The molecule has 65 heavy (non-hydrogen) atoms. The van der Waals surface area contributed by atoms with E-state index in [9.17, 15) is 14.4 Å². The first-order valence-corrected chi connectivity index (χ1v) is 29.3. The van der Waals surface area contributed by atoms with Crippen LogP contribution in [0, 0.1) is 11.8 Å². The van der Waals surface area contributed by atoms with E-state index in [4.69, 9.17) is 14.2 Å². The van der Waals surface area contributed by atoms with Gasteiger partial charge in [-0.05, 0) is 31.1 Å². The fourth-order valence-electron chi connectivity index (χ4n) is 9.02. The summed E-state index contributed by atoms with van der Waals surface area (Å²) in [6, 6.07) is 0. The molecule has 0 aliphatic carbocycles. The normalized spacial score (nSPS) is 12.5. The van der Waals surface area contributed by atoms with E-state index in [1.54, 1.807) is 0 Å². The van der Waals surface area contributed by atoms with Crippen LogP contribution in [0.1, 0.15) is 330 Å². The van der Waals surface area contributed by atoms with Gasteiger partial charge in [0.25, 0.3) is 0 Å². The van der Waals surface area contributed by atoms with E-state index in [0.29, 0.717) is 19.3 Å². The molecule has 0 radical (unpaired) electrons. The van der Waals surface area contributed by atoms with Crippen molar-refractivity contribution in [3.05, 3.63) is 0 Å². The minimum Gasteiger partial charge on any atom is -0.462 e. The Labute approximate surface area is 406 Å². The number of carbonyl (C=O) groups excluding carboxylic acids is 3. The van der Waals surface area contributed by atoms with E-state index in [0.717, 1.165) is 69.6 Å². The third kappa shape index (κ3) is 51.6. The van der Waals surface area contributed by atoms with Gasteiger partial charge in [0.15, 0.2) is 6.10 Å². The molecule has 0 aliphatic heterocycles. The first kappa shape index (κ1) is 63.4. The maximum absolute atomic E-state index is 12.8. The molecule has 1 unspecified atom stereocenters. The molecule has 0 aromatic rings. The fourth-order valence-corrected chi connectivity index (χ4v) is 9.02. The van der Waals surface area contributed by atoms with E-state index < -0.39 is 6.10 Å². The summed E-state index contributed by atoms with van der Waals surface area (Å²) in [7, 11) is 0. The van der Waals surface area contributed by atoms with Gasteiger partial charge in [-0.25, -0.2) is 0 Å². The van der Waals surface area contributed by atoms with E-state index in [2.05, 4.69) is 34.6 Å². The third-order valence-corrected chi connectivity index (χ3v) is 13.8. The van der Waals surface area contributed by atoms with Crippen molar-refractivity contribution in [2.24, 2.45) is 11.8 Å². The molecule has 0 heterocycles. The molecule has 0 aromatic heterocycles. The van der Waals surface area contributed by atoms with Gasteiger partial charge in [0.05, 0.1) is 0 Å². The van der Waals surface area contributed by atoms with Crippen LogP contribution in [0.2, 0.25) is 0 Å². The van der Waals surface area contributed by atoms with Crippen molar-refractivity contribution in [3.63, 3.8) is 0 Å². The summed E-state index contributed by atoms with van der Waals surface area (Å²) in [4.78, 5) is 38.1. The zero-order chi connectivity index (χ0) is 47.5. The second-order valence-electron chi connectivity index (χ2n) is 21.0. The van der Waals surface area contributed by atoms with Gasteiger partial charge in [0.1, 0.15) is 13.2 Å². The number of ether oxygens (including phenoxy) is 3. The van der Waals surface area contributed by atoms with E-state index in [1.165, 1.54) is 218 Å². The number of esters is 3. The Hall–Kier alpha value is -1.59. The lowest BCUT2D eigenvalue weighted by Gasteiger charge is -2.18. The standard InChI is InChI=1S/C59H114O6/c1-6-8-9-10-11-12-29-34-39-44-49-57(60)63-52-56(65-59(62)51-46-41-36-31-26-22-18-17-20-24-28-33-38-43-48-55(5)7-2)53-64-58(61)50-45-40-35-30-25-21-16-14-13-15-19-23-27-32-37-42-47-54(3)4/h54-56H,6-53H2,1-5H3/t55?,56-/m0/s1. The van der Waals surface area contributed by atoms with Gasteiger partial charge in [0.2, 0.25) is 0 Å². The molecule has 0 spiro atoms.